The second-order valence-corrected chi connectivity index (χ2v) is 6.42. The lowest BCUT2D eigenvalue weighted by Gasteiger charge is -2.43. The second-order valence-electron chi connectivity index (χ2n) is 6.17. The van der Waals surface area contributed by atoms with Gasteiger partial charge in [-0.1, -0.05) is 50.3 Å². The summed E-state index contributed by atoms with van der Waals surface area (Å²) in [6.45, 7) is 5.66. The van der Waals surface area contributed by atoms with Crippen LogP contribution >= 0.6 is 11.6 Å². The highest BCUT2D eigenvalue weighted by molar-refractivity contribution is 6.25. The van der Waals surface area contributed by atoms with Crippen molar-refractivity contribution in [3.05, 3.63) is 11.6 Å². The van der Waals surface area contributed by atoms with Crippen LogP contribution < -0.4 is 5.32 Å². The molecule has 1 heterocycles. The molecule has 0 aromatic carbocycles. The monoisotopic (exact) mass is 284 g/mol. The summed E-state index contributed by atoms with van der Waals surface area (Å²) in [5.74, 6) is 0.902. The van der Waals surface area contributed by atoms with E-state index in [-0.39, 0.29) is 0 Å². The summed E-state index contributed by atoms with van der Waals surface area (Å²) in [4.78, 5) is 2.64. The fourth-order valence-corrected chi connectivity index (χ4v) is 3.83. The lowest BCUT2D eigenvalue weighted by atomic mass is 9.82. The third kappa shape index (κ3) is 4.47. The third-order valence-electron chi connectivity index (χ3n) is 4.83. The number of halogens is 1. The zero-order valence-electron chi connectivity index (χ0n) is 12.3. The highest BCUT2D eigenvalue weighted by atomic mass is 35.5. The smallest absolute Gasteiger partial charge is 0.0224 e. The van der Waals surface area contributed by atoms with Gasteiger partial charge in [0.1, 0.15) is 0 Å². The van der Waals surface area contributed by atoms with Crippen LogP contribution in [-0.4, -0.2) is 36.6 Å². The van der Waals surface area contributed by atoms with Crippen molar-refractivity contribution in [3.8, 4) is 0 Å². The number of nitrogens with one attached hydrogen (secondary N) is 1. The highest BCUT2D eigenvalue weighted by Crippen LogP contribution is 2.28. The largest absolute Gasteiger partial charge is 0.311 e. The first-order chi connectivity index (χ1) is 9.35. The Hall–Kier alpha value is -0.0500. The summed E-state index contributed by atoms with van der Waals surface area (Å²) in [6.07, 6.45) is 11.8. The fraction of sp³-hybridized carbons (Fsp3) is 0.875. The molecule has 0 aromatic heterocycles. The molecule has 2 rings (SSSR count). The molecule has 1 saturated heterocycles. The van der Waals surface area contributed by atoms with E-state index < -0.39 is 0 Å². The van der Waals surface area contributed by atoms with Gasteiger partial charge in [-0.2, -0.15) is 0 Å². The topological polar surface area (TPSA) is 15.3 Å². The molecule has 110 valence electrons. The molecule has 0 bridgehead atoms. The normalized spacial score (nSPS) is 31.1. The Labute approximate surface area is 123 Å². The zero-order valence-corrected chi connectivity index (χ0v) is 13.0. The molecule has 0 amide bonds. The Morgan fingerprint density at radius 3 is 2.74 bits per heavy atom. The Morgan fingerprint density at radius 2 is 2.05 bits per heavy atom. The summed E-state index contributed by atoms with van der Waals surface area (Å²) in [6, 6.07) is 1.40. The van der Waals surface area contributed by atoms with Crippen LogP contribution in [0.4, 0.5) is 0 Å². The quantitative estimate of drug-likeness (QED) is 0.827. The molecule has 2 fully saturated rings. The minimum absolute atomic E-state index is 0.692. The molecule has 2 aliphatic rings. The minimum atomic E-state index is 0.692. The van der Waals surface area contributed by atoms with Gasteiger partial charge in [0.15, 0.2) is 0 Å². The molecule has 0 aromatic rings. The van der Waals surface area contributed by atoms with Crippen LogP contribution in [0.15, 0.2) is 11.6 Å². The van der Waals surface area contributed by atoms with Gasteiger partial charge in [-0.25, -0.2) is 0 Å². The summed E-state index contributed by atoms with van der Waals surface area (Å²) in [7, 11) is 0. The molecular weight excluding hydrogens is 256 g/mol. The van der Waals surface area contributed by atoms with Crippen molar-refractivity contribution in [2.24, 2.45) is 5.92 Å². The van der Waals surface area contributed by atoms with Crippen LogP contribution in [0, 0.1) is 5.92 Å². The maximum atomic E-state index is 5.71. The zero-order chi connectivity index (χ0) is 13.5. The average Bonchev–Trinajstić information content (AvgIpc) is 2.47. The summed E-state index contributed by atoms with van der Waals surface area (Å²) in [5, 5.41) is 3.83. The van der Waals surface area contributed by atoms with Gasteiger partial charge in [-0.05, 0) is 25.2 Å². The number of piperazine rings is 1. The highest BCUT2D eigenvalue weighted by Gasteiger charge is 2.31. The van der Waals surface area contributed by atoms with Gasteiger partial charge in [-0.15, -0.1) is 0 Å². The van der Waals surface area contributed by atoms with E-state index in [1.54, 1.807) is 5.54 Å². The van der Waals surface area contributed by atoms with Gasteiger partial charge in [0.2, 0.25) is 0 Å². The van der Waals surface area contributed by atoms with E-state index >= 15 is 0 Å². The molecule has 1 N–H and O–H groups in total. The van der Waals surface area contributed by atoms with Gasteiger partial charge >= 0.3 is 0 Å². The van der Waals surface area contributed by atoms with Gasteiger partial charge in [-0.3, -0.25) is 4.90 Å². The van der Waals surface area contributed by atoms with E-state index in [9.17, 15) is 0 Å². The van der Waals surface area contributed by atoms with Gasteiger partial charge in [0.25, 0.3) is 0 Å². The molecule has 1 saturated carbocycles. The van der Waals surface area contributed by atoms with Crippen LogP contribution in [0.3, 0.4) is 0 Å². The molecule has 2 atom stereocenters. The number of hydrogen-bond donors (Lipinski definition) is 1. The van der Waals surface area contributed by atoms with Crippen molar-refractivity contribution < 1.29 is 0 Å². The fourth-order valence-electron chi connectivity index (χ4n) is 3.75. The van der Waals surface area contributed by atoms with Crippen molar-refractivity contribution >= 4 is 11.6 Å². The van der Waals surface area contributed by atoms with E-state index in [1.165, 1.54) is 51.5 Å². The van der Waals surface area contributed by atoms with Crippen molar-refractivity contribution in [2.45, 2.75) is 64.0 Å². The second kappa shape index (κ2) is 8.28. The Morgan fingerprint density at radius 1 is 1.26 bits per heavy atom. The minimum Gasteiger partial charge on any atom is -0.311 e. The van der Waals surface area contributed by atoms with Gasteiger partial charge in [0.05, 0.1) is 0 Å². The molecular formula is C16H29ClN2. The molecule has 3 heteroatoms. The van der Waals surface area contributed by atoms with E-state index in [0.717, 1.165) is 19.0 Å². The van der Waals surface area contributed by atoms with E-state index in [4.69, 9.17) is 11.6 Å². The first-order valence-electron chi connectivity index (χ1n) is 8.07. The number of rotatable bonds is 5. The summed E-state index contributed by atoms with van der Waals surface area (Å²) in [5.41, 5.74) is 1.67. The first kappa shape index (κ1) is 15.3. The standard InChI is InChI=1S/C16H29ClN2/c1-2-7-15-12-18-16(13-19(15)11-6-10-17)14-8-4-3-5-9-14/h6,10,14-16,18H,2-5,7-9,11-13H2,1H3/b10-6+. The number of nitrogens with zero attached hydrogens (tertiary/aromatic N) is 1. The van der Waals surface area contributed by atoms with Crippen LogP contribution in [0.2, 0.25) is 0 Å². The van der Waals surface area contributed by atoms with Crippen molar-refractivity contribution in [3.63, 3.8) is 0 Å². The van der Waals surface area contributed by atoms with E-state index in [0.29, 0.717) is 12.1 Å². The number of hydrogen-bond acceptors (Lipinski definition) is 2. The van der Waals surface area contributed by atoms with Crippen LogP contribution in [-0.2, 0) is 0 Å². The SMILES string of the molecule is CCCC1CNC(C2CCCCC2)CN1C/C=C/Cl. The summed E-state index contributed by atoms with van der Waals surface area (Å²) >= 11 is 5.71. The van der Waals surface area contributed by atoms with Crippen LogP contribution in [0.5, 0.6) is 0 Å². The molecule has 2 unspecified atom stereocenters. The van der Waals surface area contributed by atoms with Gasteiger partial charge in [0, 0.05) is 37.3 Å². The van der Waals surface area contributed by atoms with Crippen LogP contribution in [0.1, 0.15) is 51.9 Å². The molecule has 0 spiro atoms. The van der Waals surface area contributed by atoms with Crippen LogP contribution in [0.25, 0.3) is 0 Å². The Kier molecular flexibility index (Phi) is 6.69. The molecule has 2 nitrogen and oxygen atoms in total. The third-order valence-corrected chi connectivity index (χ3v) is 5.01. The summed E-state index contributed by atoms with van der Waals surface area (Å²) < 4.78 is 0. The maximum Gasteiger partial charge on any atom is 0.0224 e. The predicted molar refractivity (Wildman–Crippen MR) is 83.6 cm³/mol. The molecule has 0 radical (unpaired) electrons. The van der Waals surface area contributed by atoms with Crippen molar-refractivity contribution in [2.75, 3.05) is 19.6 Å². The van der Waals surface area contributed by atoms with E-state index in [2.05, 4.69) is 23.2 Å². The lowest BCUT2D eigenvalue weighted by Crippen LogP contribution is -2.58. The molecule has 1 aliphatic heterocycles. The van der Waals surface area contributed by atoms with Crippen molar-refractivity contribution in [1.29, 1.82) is 0 Å². The first-order valence-corrected chi connectivity index (χ1v) is 8.51. The molecule has 1 aliphatic carbocycles. The van der Waals surface area contributed by atoms with E-state index in [1.807, 2.05) is 0 Å². The predicted octanol–water partition coefficient (Wildman–Crippen LogP) is 3.76. The van der Waals surface area contributed by atoms with Gasteiger partial charge < -0.3 is 5.32 Å². The Bertz CT molecular complexity index is 274. The Balaban J connectivity index is 1.90. The lowest BCUT2D eigenvalue weighted by molar-refractivity contribution is 0.101. The van der Waals surface area contributed by atoms with Crippen molar-refractivity contribution in [1.82, 2.24) is 10.2 Å². The average molecular weight is 285 g/mol. The maximum absolute atomic E-state index is 5.71. The molecule has 19 heavy (non-hydrogen) atoms.